The van der Waals surface area contributed by atoms with Gasteiger partial charge in [-0.2, -0.15) is 0 Å². The molecule has 0 aromatic heterocycles. The van der Waals surface area contributed by atoms with Gasteiger partial charge in [-0.25, -0.2) is 9.29 Å². The lowest BCUT2D eigenvalue weighted by Gasteiger charge is -2.16. The van der Waals surface area contributed by atoms with Crippen LogP contribution in [-0.2, 0) is 9.59 Å². The molecule has 0 spiro atoms. The Hall–Kier alpha value is -2.08. The van der Waals surface area contributed by atoms with E-state index in [9.17, 15) is 14.0 Å². The molecule has 1 heterocycles. The third kappa shape index (κ3) is 3.23. The van der Waals surface area contributed by atoms with Gasteiger partial charge in [0.25, 0.3) is 11.8 Å². The molecule has 4 nitrogen and oxygen atoms in total. The Morgan fingerprint density at radius 3 is 2.32 bits per heavy atom. The highest BCUT2D eigenvalue weighted by Crippen LogP contribution is 2.32. The Bertz CT molecular complexity index is 943. The molecule has 0 aliphatic carbocycles. The van der Waals surface area contributed by atoms with Crippen molar-refractivity contribution in [1.82, 2.24) is 0 Å². The zero-order valence-electron chi connectivity index (χ0n) is 12.7. The van der Waals surface area contributed by atoms with E-state index in [1.165, 1.54) is 18.2 Å². The average molecular weight is 400 g/mol. The van der Waals surface area contributed by atoms with Crippen molar-refractivity contribution in [1.29, 1.82) is 0 Å². The zero-order chi connectivity index (χ0) is 18.3. The number of nitrogens with one attached hydrogen (secondary N) is 1. The minimum Gasteiger partial charge on any atom is -0.350 e. The van der Waals surface area contributed by atoms with Crippen LogP contribution in [0, 0.1) is 12.7 Å². The maximum atomic E-state index is 13.2. The van der Waals surface area contributed by atoms with Crippen LogP contribution in [-0.4, -0.2) is 11.8 Å². The maximum Gasteiger partial charge on any atom is 0.283 e. The number of anilines is 2. The number of hydrogen-bond acceptors (Lipinski definition) is 3. The first kappa shape index (κ1) is 17.7. The van der Waals surface area contributed by atoms with E-state index in [0.29, 0.717) is 16.4 Å². The van der Waals surface area contributed by atoms with Gasteiger partial charge in [0.2, 0.25) is 0 Å². The first-order valence-corrected chi connectivity index (χ1v) is 8.19. The summed E-state index contributed by atoms with van der Waals surface area (Å²) in [7, 11) is 0. The summed E-state index contributed by atoms with van der Waals surface area (Å²) >= 11 is 17.8. The number of halogens is 4. The van der Waals surface area contributed by atoms with Crippen LogP contribution in [0.25, 0.3) is 0 Å². The van der Waals surface area contributed by atoms with Gasteiger partial charge in [0.05, 0.1) is 10.7 Å². The smallest absolute Gasteiger partial charge is 0.283 e. The largest absolute Gasteiger partial charge is 0.350 e. The minimum atomic E-state index is -0.678. The number of benzene rings is 2. The molecule has 0 fully saturated rings. The predicted molar refractivity (Wildman–Crippen MR) is 96.6 cm³/mol. The molecule has 2 amide bonds. The number of hydrogen-bond donors (Lipinski definition) is 1. The second-order valence-corrected chi connectivity index (χ2v) is 6.51. The van der Waals surface area contributed by atoms with Crippen LogP contribution in [0.15, 0.2) is 47.1 Å². The quantitative estimate of drug-likeness (QED) is 0.749. The van der Waals surface area contributed by atoms with E-state index < -0.39 is 17.6 Å². The highest BCUT2D eigenvalue weighted by atomic mass is 35.5. The van der Waals surface area contributed by atoms with Crippen LogP contribution < -0.4 is 10.2 Å². The Morgan fingerprint density at radius 2 is 1.68 bits per heavy atom. The molecular weight excluding hydrogens is 390 g/mol. The van der Waals surface area contributed by atoms with E-state index in [1.54, 1.807) is 19.1 Å². The van der Waals surface area contributed by atoms with Crippen molar-refractivity contribution < 1.29 is 14.0 Å². The van der Waals surface area contributed by atoms with Gasteiger partial charge in [0.15, 0.2) is 0 Å². The lowest BCUT2D eigenvalue weighted by molar-refractivity contribution is -0.120. The summed E-state index contributed by atoms with van der Waals surface area (Å²) in [5.41, 5.74) is 1.32. The molecule has 0 atom stereocenters. The molecule has 2 aromatic rings. The maximum absolute atomic E-state index is 13.2. The number of amides is 2. The number of nitrogens with zero attached hydrogens (tertiary/aromatic N) is 1. The van der Waals surface area contributed by atoms with Crippen molar-refractivity contribution in [3.8, 4) is 0 Å². The molecule has 1 aliphatic heterocycles. The van der Waals surface area contributed by atoms with Crippen LogP contribution in [0.2, 0.25) is 10.0 Å². The number of rotatable bonds is 3. The van der Waals surface area contributed by atoms with E-state index >= 15 is 0 Å². The molecule has 2 aromatic carbocycles. The fourth-order valence-electron chi connectivity index (χ4n) is 2.28. The molecular formula is C17H10Cl3FN2O2. The van der Waals surface area contributed by atoms with Crippen molar-refractivity contribution in [3.05, 3.63) is 68.6 Å². The second kappa shape index (κ2) is 6.67. The second-order valence-electron chi connectivity index (χ2n) is 5.32. The van der Waals surface area contributed by atoms with Gasteiger partial charge < -0.3 is 5.32 Å². The number of carbonyl (C=O) groups is 2. The van der Waals surface area contributed by atoms with Gasteiger partial charge in [-0.3, -0.25) is 9.59 Å². The summed E-state index contributed by atoms with van der Waals surface area (Å²) in [5.74, 6) is -1.92. The van der Waals surface area contributed by atoms with Crippen LogP contribution in [0.3, 0.4) is 0 Å². The third-order valence-corrected chi connectivity index (χ3v) is 4.68. The summed E-state index contributed by atoms with van der Waals surface area (Å²) in [6, 6.07) is 8.60. The van der Waals surface area contributed by atoms with Crippen LogP contribution in [0.1, 0.15) is 5.56 Å². The summed E-state index contributed by atoms with van der Waals surface area (Å²) in [5, 5.41) is 2.73. The first-order chi connectivity index (χ1) is 11.8. The Balaban J connectivity index is 1.93. The van der Waals surface area contributed by atoms with E-state index in [4.69, 9.17) is 34.8 Å². The molecule has 1 aliphatic rings. The van der Waals surface area contributed by atoms with Crippen molar-refractivity contribution in [3.63, 3.8) is 0 Å². The Morgan fingerprint density at radius 1 is 0.960 bits per heavy atom. The van der Waals surface area contributed by atoms with Crippen LogP contribution in [0.5, 0.6) is 0 Å². The predicted octanol–water partition coefficient (Wildman–Crippen LogP) is 4.88. The molecule has 0 radical (unpaired) electrons. The molecule has 25 heavy (non-hydrogen) atoms. The van der Waals surface area contributed by atoms with E-state index in [1.807, 2.05) is 0 Å². The van der Waals surface area contributed by atoms with Gasteiger partial charge in [-0.1, -0.05) is 40.9 Å². The van der Waals surface area contributed by atoms with Gasteiger partial charge in [-0.05, 0) is 42.8 Å². The molecule has 0 unspecified atom stereocenters. The number of imide groups is 1. The summed E-state index contributed by atoms with van der Waals surface area (Å²) in [6.07, 6.45) is 0. The van der Waals surface area contributed by atoms with Crippen LogP contribution in [0.4, 0.5) is 15.8 Å². The monoisotopic (exact) mass is 398 g/mol. The Kier molecular flexibility index (Phi) is 4.73. The van der Waals surface area contributed by atoms with Crippen molar-refractivity contribution in [2.75, 3.05) is 10.2 Å². The number of carbonyl (C=O) groups excluding carboxylic acids is 2. The van der Waals surface area contributed by atoms with Crippen molar-refractivity contribution in [2.45, 2.75) is 6.92 Å². The molecule has 128 valence electrons. The summed E-state index contributed by atoms with van der Waals surface area (Å²) in [4.78, 5) is 25.9. The van der Waals surface area contributed by atoms with E-state index in [2.05, 4.69) is 5.32 Å². The number of aryl methyl sites for hydroxylation is 1. The standard InChI is InChI=1S/C17H10Cl3FN2O2/c1-8-2-4-10(7-11(8)18)23-16(24)14(20)15(17(23)25)22-9-3-5-13(21)12(19)6-9/h2-7,22H,1H3. The van der Waals surface area contributed by atoms with Gasteiger partial charge >= 0.3 is 0 Å². The van der Waals surface area contributed by atoms with Gasteiger partial charge in [0.1, 0.15) is 16.5 Å². The molecule has 0 saturated heterocycles. The van der Waals surface area contributed by atoms with Crippen molar-refractivity contribution >= 4 is 58.0 Å². The van der Waals surface area contributed by atoms with E-state index in [-0.39, 0.29) is 15.8 Å². The third-order valence-electron chi connectivity index (χ3n) is 3.63. The topological polar surface area (TPSA) is 49.4 Å². The fraction of sp³-hybridized carbons (Fsp3) is 0.0588. The summed E-state index contributed by atoms with van der Waals surface area (Å²) < 4.78 is 13.2. The lowest BCUT2D eigenvalue weighted by atomic mass is 10.2. The summed E-state index contributed by atoms with van der Waals surface area (Å²) in [6.45, 7) is 1.80. The lowest BCUT2D eigenvalue weighted by Crippen LogP contribution is -2.32. The minimum absolute atomic E-state index is 0.119. The average Bonchev–Trinajstić information content (AvgIpc) is 2.77. The first-order valence-electron chi connectivity index (χ1n) is 7.06. The fourth-order valence-corrected chi connectivity index (χ4v) is 2.85. The van der Waals surface area contributed by atoms with E-state index in [0.717, 1.165) is 16.5 Å². The molecule has 0 saturated carbocycles. The molecule has 8 heteroatoms. The van der Waals surface area contributed by atoms with Gasteiger partial charge in [-0.15, -0.1) is 0 Å². The SMILES string of the molecule is Cc1ccc(N2C(=O)C(Cl)=C(Nc3ccc(F)c(Cl)c3)C2=O)cc1Cl. The highest BCUT2D eigenvalue weighted by molar-refractivity contribution is 6.53. The van der Waals surface area contributed by atoms with Gasteiger partial charge in [0, 0.05) is 10.7 Å². The van der Waals surface area contributed by atoms with Crippen LogP contribution >= 0.6 is 34.8 Å². The molecule has 1 N–H and O–H groups in total. The molecule has 0 bridgehead atoms. The van der Waals surface area contributed by atoms with Crippen molar-refractivity contribution in [2.24, 2.45) is 0 Å². The Labute approximate surface area is 157 Å². The highest BCUT2D eigenvalue weighted by Gasteiger charge is 2.39. The molecule has 3 rings (SSSR count). The normalized spacial score (nSPS) is 14.5. The zero-order valence-corrected chi connectivity index (χ0v) is 15.0.